The van der Waals surface area contributed by atoms with Gasteiger partial charge in [-0.05, 0) is 18.4 Å². The van der Waals surface area contributed by atoms with Crippen molar-refractivity contribution in [3.63, 3.8) is 0 Å². The maximum absolute atomic E-state index is 12.3. The van der Waals surface area contributed by atoms with E-state index in [0.717, 1.165) is 12.8 Å². The van der Waals surface area contributed by atoms with E-state index in [1.54, 1.807) is 18.2 Å². The van der Waals surface area contributed by atoms with Crippen molar-refractivity contribution in [1.82, 2.24) is 0 Å². The van der Waals surface area contributed by atoms with Gasteiger partial charge in [-0.25, -0.2) is 0 Å². The first-order valence-corrected chi connectivity index (χ1v) is 6.38. The highest BCUT2D eigenvalue weighted by Gasteiger charge is 2.22. The molecule has 0 aliphatic heterocycles. The summed E-state index contributed by atoms with van der Waals surface area (Å²) in [6, 6.07) is 6.48. The quantitative estimate of drug-likeness (QED) is 0.865. The number of halogens is 2. The van der Waals surface area contributed by atoms with Crippen LogP contribution in [0.4, 0.5) is 8.78 Å². The highest BCUT2D eigenvalue weighted by Crippen LogP contribution is 2.36. The zero-order chi connectivity index (χ0) is 13.0. The van der Waals surface area contributed by atoms with Crippen molar-refractivity contribution in [2.75, 3.05) is 0 Å². The Morgan fingerprint density at radius 2 is 1.89 bits per heavy atom. The summed E-state index contributed by atoms with van der Waals surface area (Å²) in [4.78, 5) is 0. The van der Waals surface area contributed by atoms with Crippen LogP contribution in [0.2, 0.25) is 0 Å². The molecule has 1 N–H and O–H groups in total. The molecule has 100 valence electrons. The SMILES string of the molecule is OC(CC1CCCC1)c1ccccc1OC(F)F. The molecule has 18 heavy (non-hydrogen) atoms. The molecule has 2 nitrogen and oxygen atoms in total. The van der Waals surface area contributed by atoms with Gasteiger partial charge in [0.05, 0.1) is 6.10 Å². The van der Waals surface area contributed by atoms with Gasteiger partial charge in [-0.15, -0.1) is 0 Å². The second-order valence-corrected chi connectivity index (χ2v) is 4.82. The normalized spacial score (nSPS) is 18.2. The van der Waals surface area contributed by atoms with E-state index in [0.29, 0.717) is 17.9 Å². The molecular formula is C14H18F2O2. The number of hydrogen-bond donors (Lipinski definition) is 1. The first kappa shape index (κ1) is 13.3. The molecule has 1 aromatic carbocycles. The molecular weight excluding hydrogens is 238 g/mol. The zero-order valence-corrected chi connectivity index (χ0v) is 10.2. The van der Waals surface area contributed by atoms with Crippen molar-refractivity contribution >= 4 is 0 Å². The van der Waals surface area contributed by atoms with Gasteiger partial charge in [-0.2, -0.15) is 8.78 Å². The lowest BCUT2D eigenvalue weighted by atomic mass is 9.95. The first-order chi connectivity index (χ1) is 8.66. The van der Waals surface area contributed by atoms with Gasteiger partial charge in [0, 0.05) is 5.56 Å². The average Bonchev–Trinajstić information content (AvgIpc) is 2.81. The number of hydrogen-bond acceptors (Lipinski definition) is 2. The Morgan fingerprint density at radius 1 is 1.22 bits per heavy atom. The predicted molar refractivity (Wildman–Crippen MR) is 64.6 cm³/mol. The number of rotatable bonds is 5. The number of benzene rings is 1. The number of alkyl halides is 2. The van der Waals surface area contributed by atoms with Crippen LogP contribution in [-0.4, -0.2) is 11.7 Å². The van der Waals surface area contributed by atoms with Crippen LogP contribution < -0.4 is 4.74 Å². The fraction of sp³-hybridized carbons (Fsp3) is 0.571. The number of aliphatic hydroxyl groups excluding tert-OH is 1. The van der Waals surface area contributed by atoms with Gasteiger partial charge >= 0.3 is 6.61 Å². The second kappa shape index (κ2) is 6.14. The molecule has 1 aliphatic carbocycles. The summed E-state index contributed by atoms with van der Waals surface area (Å²) in [5, 5.41) is 10.1. The maximum atomic E-state index is 12.3. The van der Waals surface area contributed by atoms with Gasteiger partial charge in [0.1, 0.15) is 5.75 Å². The molecule has 1 unspecified atom stereocenters. The Balaban J connectivity index is 2.05. The Kier molecular flexibility index (Phi) is 4.53. The van der Waals surface area contributed by atoms with E-state index in [-0.39, 0.29) is 5.75 Å². The molecule has 1 atom stereocenters. The van der Waals surface area contributed by atoms with E-state index in [2.05, 4.69) is 4.74 Å². The van der Waals surface area contributed by atoms with E-state index in [1.807, 2.05) is 0 Å². The van der Waals surface area contributed by atoms with Crippen LogP contribution in [0.1, 0.15) is 43.8 Å². The molecule has 1 saturated carbocycles. The molecule has 1 aromatic rings. The summed E-state index contributed by atoms with van der Waals surface area (Å²) in [6.07, 6.45) is 4.55. The zero-order valence-electron chi connectivity index (χ0n) is 10.2. The predicted octanol–water partition coefficient (Wildman–Crippen LogP) is 3.90. The Hall–Kier alpha value is -1.16. The summed E-state index contributed by atoms with van der Waals surface area (Å²) in [6.45, 7) is -2.86. The number of para-hydroxylation sites is 1. The van der Waals surface area contributed by atoms with Crippen LogP contribution in [0.15, 0.2) is 24.3 Å². The fourth-order valence-corrected chi connectivity index (χ4v) is 2.65. The van der Waals surface area contributed by atoms with Crippen molar-refractivity contribution in [1.29, 1.82) is 0 Å². The third-order valence-electron chi connectivity index (χ3n) is 3.53. The summed E-state index contributed by atoms with van der Waals surface area (Å²) in [5.41, 5.74) is 0.463. The molecule has 0 amide bonds. The number of aliphatic hydroxyl groups is 1. The fourth-order valence-electron chi connectivity index (χ4n) is 2.65. The first-order valence-electron chi connectivity index (χ1n) is 6.38. The van der Waals surface area contributed by atoms with Crippen molar-refractivity contribution in [3.8, 4) is 5.75 Å². The van der Waals surface area contributed by atoms with E-state index in [9.17, 15) is 13.9 Å². The molecule has 1 aliphatic rings. The van der Waals surface area contributed by atoms with Crippen molar-refractivity contribution < 1.29 is 18.6 Å². The van der Waals surface area contributed by atoms with E-state index in [4.69, 9.17) is 0 Å². The minimum absolute atomic E-state index is 0.0815. The molecule has 0 aromatic heterocycles. The highest BCUT2D eigenvalue weighted by atomic mass is 19.3. The second-order valence-electron chi connectivity index (χ2n) is 4.82. The monoisotopic (exact) mass is 256 g/mol. The van der Waals surface area contributed by atoms with Gasteiger partial charge in [0.25, 0.3) is 0 Å². The van der Waals surface area contributed by atoms with Gasteiger partial charge in [0.15, 0.2) is 0 Å². The smallest absolute Gasteiger partial charge is 0.387 e. The average molecular weight is 256 g/mol. The minimum atomic E-state index is -2.86. The molecule has 0 spiro atoms. The van der Waals surface area contributed by atoms with Gasteiger partial charge in [-0.1, -0.05) is 43.9 Å². The Morgan fingerprint density at radius 3 is 2.56 bits per heavy atom. The maximum Gasteiger partial charge on any atom is 0.387 e. The van der Waals surface area contributed by atoms with Crippen LogP contribution in [0.5, 0.6) is 5.75 Å². The number of ether oxygens (including phenoxy) is 1. The van der Waals surface area contributed by atoms with Crippen LogP contribution in [0.25, 0.3) is 0 Å². The molecule has 1 fully saturated rings. The lowest BCUT2D eigenvalue weighted by Crippen LogP contribution is -2.09. The van der Waals surface area contributed by atoms with Crippen molar-refractivity contribution in [2.24, 2.45) is 5.92 Å². The van der Waals surface area contributed by atoms with Crippen LogP contribution >= 0.6 is 0 Å². The third kappa shape index (κ3) is 3.42. The molecule has 0 radical (unpaired) electrons. The Bertz CT molecular complexity index is 376. The van der Waals surface area contributed by atoms with Gasteiger partial charge in [-0.3, -0.25) is 0 Å². The van der Waals surface area contributed by atoms with E-state index < -0.39 is 12.7 Å². The molecule has 2 rings (SSSR count). The molecule has 0 saturated heterocycles. The van der Waals surface area contributed by atoms with E-state index in [1.165, 1.54) is 18.9 Å². The van der Waals surface area contributed by atoms with Crippen molar-refractivity contribution in [3.05, 3.63) is 29.8 Å². The summed E-state index contributed by atoms with van der Waals surface area (Å²) in [7, 11) is 0. The molecule has 4 heteroatoms. The minimum Gasteiger partial charge on any atom is -0.434 e. The van der Waals surface area contributed by atoms with E-state index >= 15 is 0 Å². The van der Waals surface area contributed by atoms with Gasteiger partial charge in [0.2, 0.25) is 0 Å². The summed E-state index contributed by atoms with van der Waals surface area (Å²) in [5.74, 6) is 0.581. The van der Waals surface area contributed by atoms with Crippen LogP contribution in [-0.2, 0) is 0 Å². The summed E-state index contributed by atoms with van der Waals surface area (Å²) >= 11 is 0. The van der Waals surface area contributed by atoms with Gasteiger partial charge < -0.3 is 9.84 Å². The van der Waals surface area contributed by atoms with Crippen LogP contribution in [0.3, 0.4) is 0 Å². The highest BCUT2D eigenvalue weighted by molar-refractivity contribution is 5.35. The summed E-state index contributed by atoms with van der Waals surface area (Å²) < 4.78 is 29.0. The van der Waals surface area contributed by atoms with Crippen LogP contribution in [0, 0.1) is 5.92 Å². The van der Waals surface area contributed by atoms with Crippen molar-refractivity contribution in [2.45, 2.75) is 44.8 Å². The largest absolute Gasteiger partial charge is 0.434 e. The molecule has 0 bridgehead atoms. The molecule has 0 heterocycles. The third-order valence-corrected chi connectivity index (χ3v) is 3.53. The topological polar surface area (TPSA) is 29.5 Å². The Labute approximate surface area is 106 Å². The standard InChI is InChI=1S/C14H18F2O2/c15-14(16)18-13-8-4-3-7-11(13)12(17)9-10-5-1-2-6-10/h3-4,7-8,10,12,14,17H,1-2,5-6,9H2. The lowest BCUT2D eigenvalue weighted by molar-refractivity contribution is -0.0517. The lowest BCUT2D eigenvalue weighted by Gasteiger charge is -2.18.